The van der Waals surface area contributed by atoms with Crippen LogP contribution in [0.3, 0.4) is 0 Å². The molecular weight excluding hydrogens is 481 g/mol. The number of urea groups is 1. The van der Waals surface area contributed by atoms with E-state index in [0.717, 1.165) is 16.9 Å². The van der Waals surface area contributed by atoms with E-state index < -0.39 is 23.8 Å². The van der Waals surface area contributed by atoms with Gasteiger partial charge in [0.2, 0.25) is 0 Å². The van der Waals surface area contributed by atoms with Crippen molar-refractivity contribution >= 4 is 23.8 Å². The number of halogens is 1. The zero-order valence-electron chi connectivity index (χ0n) is 20.0. The average molecular weight is 506 g/mol. The molecule has 3 aromatic rings. The Balaban J connectivity index is 1.43. The normalized spacial score (nSPS) is 12.9. The monoisotopic (exact) mass is 505 g/mol. The SMILES string of the molecule is CCCOc1ccc(CN2C(=O)NC(=O)C2=O)cc1C(=O)NCc1ccc(Oc2ccc(F)cc2)cc1. The molecule has 1 heterocycles. The molecule has 1 aliphatic rings. The number of hydrogen-bond donors (Lipinski definition) is 2. The van der Waals surface area contributed by atoms with E-state index in [1.165, 1.54) is 30.3 Å². The molecular formula is C27H24FN3O6. The summed E-state index contributed by atoms with van der Waals surface area (Å²) >= 11 is 0. The van der Waals surface area contributed by atoms with Crippen molar-refractivity contribution in [3.63, 3.8) is 0 Å². The van der Waals surface area contributed by atoms with Gasteiger partial charge in [0.15, 0.2) is 0 Å². The highest BCUT2D eigenvalue weighted by atomic mass is 19.1. The number of rotatable bonds is 10. The van der Waals surface area contributed by atoms with Gasteiger partial charge in [-0.1, -0.05) is 25.1 Å². The second-order valence-corrected chi connectivity index (χ2v) is 8.21. The molecule has 190 valence electrons. The third-order valence-corrected chi connectivity index (χ3v) is 5.42. The Morgan fingerprint density at radius 3 is 2.22 bits per heavy atom. The van der Waals surface area contributed by atoms with Gasteiger partial charge in [-0.05, 0) is 66.1 Å². The summed E-state index contributed by atoms with van der Waals surface area (Å²) in [6.45, 7) is 2.39. The van der Waals surface area contributed by atoms with Gasteiger partial charge in [0.1, 0.15) is 23.1 Å². The summed E-state index contributed by atoms with van der Waals surface area (Å²) in [6.07, 6.45) is 0.736. The van der Waals surface area contributed by atoms with Crippen LogP contribution in [0.5, 0.6) is 17.2 Å². The van der Waals surface area contributed by atoms with E-state index in [0.29, 0.717) is 29.4 Å². The first-order valence-corrected chi connectivity index (χ1v) is 11.6. The first-order valence-electron chi connectivity index (χ1n) is 11.6. The lowest BCUT2D eigenvalue weighted by molar-refractivity contribution is -0.140. The summed E-state index contributed by atoms with van der Waals surface area (Å²) in [4.78, 5) is 49.1. The number of hydrogen-bond acceptors (Lipinski definition) is 6. The maximum Gasteiger partial charge on any atom is 0.331 e. The lowest BCUT2D eigenvalue weighted by atomic mass is 10.1. The average Bonchev–Trinajstić information content (AvgIpc) is 3.14. The van der Waals surface area contributed by atoms with Crippen LogP contribution >= 0.6 is 0 Å². The molecule has 3 aromatic carbocycles. The van der Waals surface area contributed by atoms with E-state index in [1.54, 1.807) is 36.4 Å². The van der Waals surface area contributed by atoms with Crippen molar-refractivity contribution in [3.8, 4) is 17.2 Å². The summed E-state index contributed by atoms with van der Waals surface area (Å²) in [5, 5.41) is 4.78. The molecule has 37 heavy (non-hydrogen) atoms. The Labute approximate surface area is 212 Å². The highest BCUT2D eigenvalue weighted by Gasteiger charge is 2.36. The van der Waals surface area contributed by atoms with Gasteiger partial charge in [-0.25, -0.2) is 9.18 Å². The van der Waals surface area contributed by atoms with E-state index in [2.05, 4.69) is 5.32 Å². The van der Waals surface area contributed by atoms with Crippen LogP contribution in [0, 0.1) is 5.82 Å². The summed E-state index contributed by atoms with van der Waals surface area (Å²) in [7, 11) is 0. The lowest BCUT2D eigenvalue weighted by Crippen LogP contribution is -2.30. The third-order valence-electron chi connectivity index (χ3n) is 5.42. The molecule has 0 aliphatic carbocycles. The zero-order valence-corrected chi connectivity index (χ0v) is 20.0. The lowest BCUT2D eigenvalue weighted by Gasteiger charge is -2.15. The van der Waals surface area contributed by atoms with Crippen LogP contribution in [0.4, 0.5) is 9.18 Å². The Kier molecular flexibility index (Phi) is 7.77. The van der Waals surface area contributed by atoms with Gasteiger partial charge in [-0.3, -0.25) is 24.6 Å². The number of carbonyl (C=O) groups excluding carboxylic acids is 4. The molecule has 0 aromatic heterocycles. The maximum atomic E-state index is 13.1. The van der Waals surface area contributed by atoms with Gasteiger partial charge in [-0.15, -0.1) is 0 Å². The predicted octanol–water partition coefficient (Wildman–Crippen LogP) is 3.92. The van der Waals surface area contributed by atoms with Gasteiger partial charge in [0.25, 0.3) is 5.91 Å². The van der Waals surface area contributed by atoms with Crippen LogP contribution in [0.25, 0.3) is 0 Å². The van der Waals surface area contributed by atoms with Crippen LogP contribution in [0.1, 0.15) is 34.8 Å². The first-order chi connectivity index (χ1) is 17.8. The Morgan fingerprint density at radius 2 is 1.59 bits per heavy atom. The number of amides is 5. The number of nitrogens with one attached hydrogen (secondary N) is 2. The van der Waals surface area contributed by atoms with Crippen molar-refractivity contribution in [3.05, 3.63) is 89.2 Å². The van der Waals surface area contributed by atoms with Gasteiger partial charge >= 0.3 is 17.8 Å². The van der Waals surface area contributed by atoms with Gasteiger partial charge in [0.05, 0.1) is 18.7 Å². The van der Waals surface area contributed by atoms with Crippen LogP contribution < -0.4 is 20.1 Å². The second kappa shape index (κ2) is 11.3. The molecule has 0 atom stereocenters. The van der Waals surface area contributed by atoms with Gasteiger partial charge < -0.3 is 14.8 Å². The van der Waals surface area contributed by atoms with Gasteiger partial charge in [0, 0.05) is 6.54 Å². The molecule has 10 heteroatoms. The van der Waals surface area contributed by atoms with E-state index >= 15 is 0 Å². The van der Waals surface area contributed by atoms with Crippen molar-refractivity contribution in [2.75, 3.05) is 6.61 Å². The van der Waals surface area contributed by atoms with Crippen LogP contribution in [0.2, 0.25) is 0 Å². The van der Waals surface area contributed by atoms with Crippen molar-refractivity contribution in [1.82, 2.24) is 15.5 Å². The molecule has 4 rings (SSSR count). The first kappa shape index (κ1) is 25.4. The Morgan fingerprint density at radius 1 is 0.946 bits per heavy atom. The number of nitrogens with zero attached hydrogens (tertiary/aromatic N) is 1. The molecule has 2 N–H and O–H groups in total. The summed E-state index contributed by atoms with van der Waals surface area (Å²) in [5.74, 6) is -1.28. The molecule has 0 bridgehead atoms. The van der Waals surface area contributed by atoms with E-state index in [-0.39, 0.29) is 24.5 Å². The molecule has 0 radical (unpaired) electrons. The minimum Gasteiger partial charge on any atom is -0.493 e. The Hall–Kier alpha value is -4.73. The third kappa shape index (κ3) is 6.29. The molecule has 0 saturated carbocycles. The van der Waals surface area contributed by atoms with Crippen LogP contribution in [-0.2, 0) is 22.7 Å². The highest BCUT2D eigenvalue weighted by Crippen LogP contribution is 2.24. The smallest absolute Gasteiger partial charge is 0.331 e. The largest absolute Gasteiger partial charge is 0.493 e. The topological polar surface area (TPSA) is 114 Å². The van der Waals surface area contributed by atoms with E-state index in [1.807, 2.05) is 12.2 Å². The van der Waals surface area contributed by atoms with E-state index in [4.69, 9.17) is 9.47 Å². The summed E-state index contributed by atoms with van der Waals surface area (Å²) in [6, 6.07) is 16.7. The molecule has 1 saturated heterocycles. The van der Waals surface area contributed by atoms with E-state index in [9.17, 15) is 23.6 Å². The van der Waals surface area contributed by atoms with Crippen molar-refractivity contribution < 1.29 is 33.0 Å². The fraction of sp³-hybridized carbons (Fsp3) is 0.185. The second-order valence-electron chi connectivity index (χ2n) is 8.21. The fourth-order valence-corrected chi connectivity index (χ4v) is 3.54. The predicted molar refractivity (Wildman–Crippen MR) is 130 cm³/mol. The standard InChI is InChI=1S/C27H24FN3O6/c1-2-13-36-23-12-5-18(16-31-26(34)25(33)30-27(31)35)14-22(23)24(32)29-15-17-3-8-20(9-4-17)37-21-10-6-19(28)7-11-21/h3-12,14H,2,13,15-16H2,1H3,(H,29,32)(H,30,33,35). The molecule has 0 unspecified atom stereocenters. The maximum absolute atomic E-state index is 13.1. The fourth-order valence-electron chi connectivity index (χ4n) is 3.54. The quantitative estimate of drug-likeness (QED) is 0.319. The number of imide groups is 2. The molecule has 1 fully saturated rings. The van der Waals surface area contributed by atoms with Crippen molar-refractivity contribution in [2.45, 2.75) is 26.4 Å². The molecule has 5 amide bonds. The number of benzene rings is 3. The molecule has 9 nitrogen and oxygen atoms in total. The van der Waals surface area contributed by atoms with Crippen molar-refractivity contribution in [1.29, 1.82) is 0 Å². The van der Waals surface area contributed by atoms with Crippen molar-refractivity contribution in [2.24, 2.45) is 0 Å². The number of ether oxygens (including phenoxy) is 2. The van der Waals surface area contributed by atoms with Gasteiger partial charge in [-0.2, -0.15) is 0 Å². The Bertz CT molecular complexity index is 1320. The van der Waals surface area contributed by atoms with Crippen LogP contribution in [-0.4, -0.2) is 35.3 Å². The molecule has 1 aliphatic heterocycles. The summed E-state index contributed by atoms with van der Waals surface area (Å²) in [5.41, 5.74) is 1.53. The molecule has 0 spiro atoms. The minimum atomic E-state index is -0.986. The summed E-state index contributed by atoms with van der Waals surface area (Å²) < 4.78 is 24.4. The zero-order chi connectivity index (χ0) is 26.4. The van der Waals surface area contributed by atoms with Crippen LogP contribution in [0.15, 0.2) is 66.7 Å². The number of carbonyl (C=O) groups is 4. The highest BCUT2D eigenvalue weighted by molar-refractivity contribution is 6.44. The minimum absolute atomic E-state index is 0.166.